The number of ether oxygens (including phenoxy) is 1. The number of methoxy groups -OCH3 is 1. The molecule has 0 aromatic heterocycles. The molecule has 0 aliphatic heterocycles. The van der Waals surface area contributed by atoms with Crippen molar-refractivity contribution in [3.63, 3.8) is 0 Å². The van der Waals surface area contributed by atoms with Gasteiger partial charge in [-0.25, -0.2) is 0 Å². The summed E-state index contributed by atoms with van der Waals surface area (Å²) < 4.78 is 18.5. The van der Waals surface area contributed by atoms with Crippen molar-refractivity contribution in [2.75, 3.05) is 7.11 Å². The Kier molecular flexibility index (Phi) is 8.41. The summed E-state index contributed by atoms with van der Waals surface area (Å²) in [6, 6.07) is 24.7. The standard InChI is InChI=1S/C26H25O2Si.2CH3.2ClH.H2Si.Zr/c1-27-26-24(20-12-7-8-13-22(20)25(26)28-29(2,3)4)21-15-9-14-19-18-11-6-5-10-17(18)16-23(19)21;;;;;;/h5-16,24H,1-4H3;2*1H3;2*1H;1H2;. The Morgan fingerprint density at radius 3 is 1.89 bits per heavy atom. The summed E-state index contributed by atoms with van der Waals surface area (Å²) in [6.07, 6.45) is 0. The molecular weight excluding hydrogens is 587 g/mol. The molecule has 2 aliphatic rings. The number of hydrogen-bond donors (Lipinski definition) is 0. The maximum Gasteiger partial charge on any atom is -0.147 e. The molecule has 35 heavy (non-hydrogen) atoms. The second kappa shape index (κ2) is 10.3. The molecule has 0 amide bonds. The van der Waals surface area contributed by atoms with Crippen LogP contribution in [-0.2, 0) is 28.0 Å². The molecule has 0 spiro atoms. The summed E-state index contributed by atoms with van der Waals surface area (Å²) in [5.74, 6) is 1.98. The van der Waals surface area contributed by atoms with Crippen LogP contribution in [0.2, 0.25) is 28.9 Å². The van der Waals surface area contributed by atoms with Crippen molar-refractivity contribution in [2.24, 2.45) is 0 Å². The predicted molar refractivity (Wildman–Crippen MR) is 155 cm³/mol. The van der Waals surface area contributed by atoms with E-state index in [1.54, 1.807) is 0 Å². The van der Waals surface area contributed by atoms with Gasteiger partial charge in [-0.15, -0.1) is 24.8 Å². The van der Waals surface area contributed by atoms with Crippen molar-refractivity contribution >= 4 is 45.8 Å². The summed E-state index contributed by atoms with van der Waals surface area (Å²) in [5.41, 5.74) is 9.79. The molecule has 185 valence electrons. The first-order chi connectivity index (χ1) is 15.6. The fraction of sp³-hybridized carbons (Fsp3) is 0.286. The fourth-order valence-corrected chi connectivity index (χ4v) is 14.4. The smallest absolute Gasteiger partial charge is 0.147 e. The summed E-state index contributed by atoms with van der Waals surface area (Å²) in [5, 5.41) is 0. The Hall–Kier alpha value is -1.10. The van der Waals surface area contributed by atoms with Crippen LogP contribution < -0.4 is 0 Å². The molecule has 2 nitrogen and oxygen atoms in total. The van der Waals surface area contributed by atoms with Gasteiger partial charge in [-0.05, 0) is 0 Å². The quantitative estimate of drug-likeness (QED) is 0.272. The molecule has 0 heterocycles. The topological polar surface area (TPSA) is 18.5 Å². The van der Waals surface area contributed by atoms with Gasteiger partial charge in [-0.1, -0.05) is 0 Å². The zero-order chi connectivity index (χ0) is 23.5. The molecule has 0 bridgehead atoms. The second-order valence-electron chi connectivity index (χ2n) is 10.9. The average Bonchev–Trinajstić information content (AvgIpc) is 3.25. The molecule has 3 aromatic rings. The molecule has 0 fully saturated rings. The predicted octanol–water partition coefficient (Wildman–Crippen LogP) is 7.71. The first kappa shape index (κ1) is 28.5. The number of halogens is 2. The number of rotatable bonds is 5. The van der Waals surface area contributed by atoms with Crippen molar-refractivity contribution in [1.29, 1.82) is 0 Å². The van der Waals surface area contributed by atoms with E-state index in [0.717, 1.165) is 11.5 Å². The Morgan fingerprint density at radius 2 is 1.29 bits per heavy atom. The number of hydrogen-bond acceptors (Lipinski definition) is 2. The maximum atomic E-state index is 6.66. The van der Waals surface area contributed by atoms with E-state index < -0.39 is 27.2 Å². The van der Waals surface area contributed by atoms with Gasteiger partial charge >= 0.3 is 206 Å². The largest absolute Gasteiger partial charge is 0.147 e. The average molecular weight is 622 g/mol. The van der Waals surface area contributed by atoms with Gasteiger partial charge in [0, 0.05) is 0 Å². The molecule has 0 saturated carbocycles. The van der Waals surface area contributed by atoms with Crippen LogP contribution in [0, 0.1) is 0 Å². The summed E-state index contributed by atoms with van der Waals surface area (Å²) in [4.78, 5) is 0. The maximum absolute atomic E-state index is 6.66. The molecule has 2 unspecified atom stereocenters. The Balaban J connectivity index is 0.00000171. The summed E-state index contributed by atoms with van der Waals surface area (Å²) in [6.45, 7) is 9.04. The van der Waals surface area contributed by atoms with Crippen LogP contribution in [0.5, 0.6) is 0 Å². The van der Waals surface area contributed by atoms with Crippen molar-refractivity contribution in [1.82, 2.24) is 0 Å². The van der Waals surface area contributed by atoms with Gasteiger partial charge in [-0.2, -0.15) is 0 Å². The van der Waals surface area contributed by atoms with E-state index in [1.165, 1.54) is 38.9 Å². The van der Waals surface area contributed by atoms with Crippen LogP contribution in [0.4, 0.5) is 0 Å². The molecule has 5 rings (SSSR count). The monoisotopic (exact) mass is 619 g/mol. The van der Waals surface area contributed by atoms with Crippen LogP contribution in [0.1, 0.15) is 37.4 Å². The Bertz CT molecular complexity index is 1340. The van der Waals surface area contributed by atoms with Gasteiger partial charge < -0.3 is 0 Å². The van der Waals surface area contributed by atoms with Crippen LogP contribution in [0.3, 0.4) is 0 Å². The molecule has 7 heteroatoms. The van der Waals surface area contributed by atoms with Crippen LogP contribution >= 0.6 is 24.8 Å². The molecule has 0 radical (unpaired) electrons. The van der Waals surface area contributed by atoms with E-state index in [2.05, 4.69) is 103 Å². The first-order valence-electron chi connectivity index (χ1n) is 11.8. The minimum Gasteiger partial charge on any atom is -0.147 e. The van der Waals surface area contributed by atoms with Crippen LogP contribution in [-0.4, -0.2) is 22.3 Å². The number of allylic oxidation sites excluding steroid dienone is 1. The van der Waals surface area contributed by atoms with Gasteiger partial charge in [0.15, 0.2) is 0 Å². The minimum absolute atomic E-state index is 0. The molecule has 3 aromatic carbocycles. The van der Waals surface area contributed by atoms with Crippen molar-refractivity contribution in [2.45, 2.75) is 38.4 Å². The zero-order valence-electron chi connectivity index (χ0n) is 21.3. The number of fused-ring (bicyclic) bond motifs is 4. The third-order valence-corrected chi connectivity index (χ3v) is 15.3. The van der Waals surface area contributed by atoms with Crippen LogP contribution in [0.25, 0.3) is 16.9 Å². The van der Waals surface area contributed by atoms with E-state index in [-0.39, 0.29) is 30.7 Å². The van der Waals surface area contributed by atoms with Gasteiger partial charge in [0.25, 0.3) is 0 Å². The van der Waals surface area contributed by atoms with Crippen molar-refractivity contribution < 1.29 is 28.0 Å². The third-order valence-electron chi connectivity index (χ3n) is 6.71. The molecule has 2 aliphatic carbocycles. The molecular formula is C28H35Cl2O2Si2Zr. The zero-order valence-corrected chi connectivity index (χ0v) is 27.9. The van der Waals surface area contributed by atoms with E-state index in [9.17, 15) is 0 Å². The normalized spacial score (nSPS) is 18.1. The Labute approximate surface area is 229 Å². The van der Waals surface area contributed by atoms with Crippen molar-refractivity contribution in [3.05, 3.63) is 100 Å². The third kappa shape index (κ3) is 4.92. The van der Waals surface area contributed by atoms with Gasteiger partial charge in [0.1, 0.15) is 0 Å². The van der Waals surface area contributed by atoms with Crippen molar-refractivity contribution in [3.8, 4) is 11.1 Å². The Morgan fingerprint density at radius 1 is 0.743 bits per heavy atom. The molecule has 0 saturated heterocycles. The van der Waals surface area contributed by atoms with E-state index in [1.807, 2.05) is 7.11 Å². The molecule has 0 N–H and O–H groups in total. The van der Waals surface area contributed by atoms with Crippen LogP contribution in [0.15, 0.2) is 72.5 Å². The summed E-state index contributed by atoms with van der Waals surface area (Å²) >= 11 is -2.39. The SMILES string of the molecule is COC1=C(O[Si](C)(C)C)c2ccccc2C1c1cccc2c1[CH]([Zr]([CH3])([CH3])=[SiH2])c1ccccc1-2.Cl.Cl. The number of benzene rings is 3. The fourth-order valence-electron chi connectivity index (χ4n) is 5.64. The van der Waals surface area contributed by atoms with E-state index in [0.29, 0.717) is 3.63 Å². The summed E-state index contributed by atoms with van der Waals surface area (Å²) in [7, 11) is -0.0143. The second-order valence-corrected chi connectivity index (χ2v) is 37.4. The van der Waals surface area contributed by atoms with Gasteiger partial charge in [0.05, 0.1) is 0 Å². The minimum atomic E-state index is -2.39. The van der Waals surface area contributed by atoms with E-state index >= 15 is 0 Å². The van der Waals surface area contributed by atoms with E-state index in [4.69, 9.17) is 9.16 Å². The molecule has 2 atom stereocenters. The van der Waals surface area contributed by atoms with Gasteiger partial charge in [0.2, 0.25) is 0 Å². The van der Waals surface area contributed by atoms with Gasteiger partial charge in [-0.3, -0.25) is 0 Å². The first-order valence-corrected chi connectivity index (χ1v) is 27.4.